The van der Waals surface area contributed by atoms with Gasteiger partial charge in [-0.15, -0.1) is 0 Å². The van der Waals surface area contributed by atoms with Crippen molar-refractivity contribution in [2.75, 3.05) is 39.3 Å². The normalized spacial score (nSPS) is 18.4. The van der Waals surface area contributed by atoms with Crippen molar-refractivity contribution < 1.29 is 14.4 Å². The van der Waals surface area contributed by atoms with E-state index >= 15 is 0 Å². The van der Waals surface area contributed by atoms with E-state index < -0.39 is 11.8 Å². The van der Waals surface area contributed by atoms with Gasteiger partial charge in [-0.25, -0.2) is 0 Å². The summed E-state index contributed by atoms with van der Waals surface area (Å²) in [6.45, 7) is 7.33. The van der Waals surface area contributed by atoms with Crippen molar-refractivity contribution in [3.8, 4) is 0 Å². The second-order valence-corrected chi connectivity index (χ2v) is 7.40. The van der Waals surface area contributed by atoms with Gasteiger partial charge < -0.3 is 15.1 Å². The zero-order chi connectivity index (χ0) is 20.1. The van der Waals surface area contributed by atoms with Crippen LogP contribution in [0, 0.1) is 0 Å². The van der Waals surface area contributed by atoms with Gasteiger partial charge >= 0.3 is 11.8 Å². The maximum absolute atomic E-state index is 13.2. The number of amides is 3. The molecule has 1 atom stereocenters. The molecular formula is C21H30N4O3. The zero-order valence-corrected chi connectivity index (χ0v) is 16.8. The number of likely N-dealkylation sites (N-methyl/N-ethyl adjacent to an activating group) is 1. The highest BCUT2D eigenvalue weighted by Crippen LogP contribution is 2.25. The van der Waals surface area contributed by atoms with E-state index in [1.165, 1.54) is 0 Å². The van der Waals surface area contributed by atoms with Gasteiger partial charge in [0, 0.05) is 45.3 Å². The molecule has 1 aliphatic heterocycles. The molecule has 0 bridgehead atoms. The lowest BCUT2D eigenvalue weighted by molar-refractivity contribution is -0.148. The Hall–Kier alpha value is -2.41. The van der Waals surface area contributed by atoms with Crippen molar-refractivity contribution in [2.45, 2.75) is 38.8 Å². The lowest BCUT2D eigenvalue weighted by Crippen LogP contribution is -2.55. The molecule has 1 aliphatic carbocycles. The number of nitrogens with one attached hydrogen (secondary N) is 1. The molecule has 7 heteroatoms. The largest absolute Gasteiger partial charge is 0.345 e. The first-order valence-electron chi connectivity index (χ1n) is 10.2. The number of benzene rings is 1. The predicted octanol–water partition coefficient (Wildman–Crippen LogP) is 1.02. The maximum atomic E-state index is 13.2. The van der Waals surface area contributed by atoms with Gasteiger partial charge in [0.15, 0.2) is 0 Å². The molecule has 28 heavy (non-hydrogen) atoms. The summed E-state index contributed by atoms with van der Waals surface area (Å²) in [6.07, 6.45) is 1.91. The van der Waals surface area contributed by atoms with Gasteiger partial charge in [0.25, 0.3) is 0 Å². The van der Waals surface area contributed by atoms with Crippen LogP contribution in [0.2, 0.25) is 0 Å². The predicted molar refractivity (Wildman–Crippen MR) is 106 cm³/mol. The second-order valence-electron chi connectivity index (χ2n) is 7.40. The molecule has 1 saturated carbocycles. The Morgan fingerprint density at radius 3 is 2.18 bits per heavy atom. The van der Waals surface area contributed by atoms with E-state index in [-0.39, 0.29) is 18.0 Å². The molecule has 1 aromatic rings. The Bertz CT molecular complexity index is 693. The third kappa shape index (κ3) is 4.70. The smallest absolute Gasteiger partial charge is 0.311 e. The summed E-state index contributed by atoms with van der Waals surface area (Å²) in [7, 11) is 0. The third-order valence-electron chi connectivity index (χ3n) is 5.50. The van der Waals surface area contributed by atoms with Crippen molar-refractivity contribution in [1.82, 2.24) is 20.0 Å². The summed E-state index contributed by atoms with van der Waals surface area (Å²) in [4.78, 5) is 43.2. The molecule has 7 nitrogen and oxygen atoms in total. The second kappa shape index (κ2) is 9.19. The van der Waals surface area contributed by atoms with E-state index in [2.05, 4.69) is 10.2 Å². The Morgan fingerprint density at radius 2 is 1.64 bits per heavy atom. The topological polar surface area (TPSA) is 73.0 Å². The van der Waals surface area contributed by atoms with Crippen LogP contribution in [0.3, 0.4) is 0 Å². The number of hydrogen-bond acceptors (Lipinski definition) is 4. The highest BCUT2D eigenvalue weighted by atomic mass is 16.2. The lowest BCUT2D eigenvalue weighted by Gasteiger charge is -2.40. The fourth-order valence-corrected chi connectivity index (χ4v) is 3.65. The Balaban J connectivity index is 1.68. The minimum Gasteiger partial charge on any atom is -0.345 e. The van der Waals surface area contributed by atoms with Crippen molar-refractivity contribution in [3.05, 3.63) is 35.9 Å². The highest BCUT2D eigenvalue weighted by Gasteiger charge is 2.35. The Labute approximate surface area is 166 Å². The zero-order valence-electron chi connectivity index (χ0n) is 16.8. The SMILES string of the molecule is CCN(CC)C(=O)C(c1ccccc1)N1CCN(C(=O)C(=O)NC2CC2)CC1. The number of carbonyl (C=O) groups excluding carboxylic acids is 3. The van der Waals surface area contributed by atoms with Gasteiger partial charge in [0.05, 0.1) is 0 Å². The van der Waals surface area contributed by atoms with Gasteiger partial charge in [-0.1, -0.05) is 30.3 Å². The van der Waals surface area contributed by atoms with E-state index in [1.807, 2.05) is 49.1 Å². The molecule has 1 N–H and O–H groups in total. The molecule has 3 rings (SSSR count). The lowest BCUT2D eigenvalue weighted by atomic mass is 10.0. The van der Waals surface area contributed by atoms with Crippen molar-refractivity contribution >= 4 is 17.7 Å². The van der Waals surface area contributed by atoms with Crippen molar-refractivity contribution in [3.63, 3.8) is 0 Å². The number of carbonyl (C=O) groups is 3. The van der Waals surface area contributed by atoms with Gasteiger partial charge in [-0.05, 0) is 32.3 Å². The Kier molecular flexibility index (Phi) is 6.67. The van der Waals surface area contributed by atoms with Crippen LogP contribution in [0.4, 0.5) is 0 Å². The molecular weight excluding hydrogens is 356 g/mol. The van der Waals surface area contributed by atoms with Gasteiger partial charge in [-0.2, -0.15) is 0 Å². The first-order chi connectivity index (χ1) is 13.5. The maximum Gasteiger partial charge on any atom is 0.311 e. The van der Waals surface area contributed by atoms with E-state index in [0.29, 0.717) is 39.3 Å². The van der Waals surface area contributed by atoms with Crippen LogP contribution in [0.5, 0.6) is 0 Å². The molecule has 1 saturated heterocycles. The van der Waals surface area contributed by atoms with Crippen LogP contribution in [-0.2, 0) is 14.4 Å². The van der Waals surface area contributed by atoms with E-state index in [0.717, 1.165) is 18.4 Å². The first kappa shape index (κ1) is 20.3. The molecule has 1 unspecified atom stereocenters. The van der Waals surface area contributed by atoms with Gasteiger partial charge in [0.2, 0.25) is 5.91 Å². The van der Waals surface area contributed by atoms with E-state index in [1.54, 1.807) is 4.90 Å². The molecule has 1 aromatic carbocycles. The Morgan fingerprint density at radius 1 is 1.04 bits per heavy atom. The van der Waals surface area contributed by atoms with Crippen LogP contribution in [0.25, 0.3) is 0 Å². The standard InChI is InChI=1S/C21H30N4O3/c1-3-23(4-2)20(27)18(16-8-6-5-7-9-16)24-12-14-25(15-13-24)21(28)19(26)22-17-10-11-17/h5-9,17-18H,3-4,10-15H2,1-2H3,(H,22,26). The number of piperazine rings is 1. The molecule has 1 heterocycles. The van der Waals surface area contributed by atoms with Crippen molar-refractivity contribution in [2.24, 2.45) is 0 Å². The average molecular weight is 386 g/mol. The third-order valence-corrected chi connectivity index (χ3v) is 5.50. The van der Waals surface area contributed by atoms with E-state index in [9.17, 15) is 14.4 Å². The van der Waals surface area contributed by atoms with Gasteiger partial charge in [0.1, 0.15) is 6.04 Å². The number of hydrogen-bond donors (Lipinski definition) is 1. The summed E-state index contributed by atoms with van der Waals surface area (Å²) >= 11 is 0. The molecule has 3 amide bonds. The average Bonchev–Trinajstić information content (AvgIpc) is 3.54. The summed E-state index contributed by atoms with van der Waals surface area (Å²) in [5, 5.41) is 2.75. The summed E-state index contributed by atoms with van der Waals surface area (Å²) in [6, 6.07) is 9.60. The van der Waals surface area contributed by atoms with Crippen LogP contribution in [-0.4, -0.2) is 77.7 Å². The molecule has 2 aliphatic rings. The fraction of sp³-hybridized carbons (Fsp3) is 0.571. The molecule has 0 aromatic heterocycles. The minimum absolute atomic E-state index is 0.0856. The van der Waals surface area contributed by atoms with Crippen LogP contribution < -0.4 is 5.32 Å². The summed E-state index contributed by atoms with van der Waals surface area (Å²) in [5.74, 6) is -0.880. The number of nitrogens with zero attached hydrogens (tertiary/aromatic N) is 3. The molecule has 2 fully saturated rings. The number of rotatable bonds is 6. The molecule has 0 spiro atoms. The van der Waals surface area contributed by atoms with Gasteiger partial charge in [-0.3, -0.25) is 19.3 Å². The van der Waals surface area contributed by atoms with Crippen LogP contribution in [0.1, 0.15) is 38.3 Å². The fourth-order valence-electron chi connectivity index (χ4n) is 3.65. The molecule has 152 valence electrons. The van der Waals surface area contributed by atoms with E-state index in [4.69, 9.17) is 0 Å². The monoisotopic (exact) mass is 386 g/mol. The molecule has 0 radical (unpaired) electrons. The summed E-state index contributed by atoms with van der Waals surface area (Å²) in [5.41, 5.74) is 0.964. The quantitative estimate of drug-likeness (QED) is 0.741. The highest BCUT2D eigenvalue weighted by molar-refractivity contribution is 6.35. The minimum atomic E-state index is -0.505. The van der Waals surface area contributed by atoms with Crippen LogP contribution >= 0.6 is 0 Å². The summed E-state index contributed by atoms with van der Waals surface area (Å²) < 4.78 is 0. The van der Waals surface area contributed by atoms with Crippen LogP contribution in [0.15, 0.2) is 30.3 Å². The first-order valence-corrected chi connectivity index (χ1v) is 10.2. The van der Waals surface area contributed by atoms with Crippen molar-refractivity contribution in [1.29, 1.82) is 0 Å².